The fourth-order valence-electron chi connectivity index (χ4n) is 1.44. The van der Waals surface area contributed by atoms with Gasteiger partial charge in [0.15, 0.2) is 0 Å². The molecule has 0 fully saturated rings. The van der Waals surface area contributed by atoms with Gasteiger partial charge in [-0.25, -0.2) is 0 Å². The third kappa shape index (κ3) is 6.01. The molecule has 1 rings (SSSR count). The minimum Gasteiger partial charge on any atom is -0.466 e. The summed E-state index contributed by atoms with van der Waals surface area (Å²) in [6.45, 7) is 1.49. The summed E-state index contributed by atoms with van der Waals surface area (Å²) in [5.41, 5.74) is 0.790. The van der Waals surface area contributed by atoms with Gasteiger partial charge in [-0.05, 0) is 24.1 Å². The van der Waals surface area contributed by atoms with Gasteiger partial charge in [0.1, 0.15) is 0 Å². The maximum absolute atomic E-state index is 10.9. The van der Waals surface area contributed by atoms with Crippen LogP contribution in [0, 0.1) is 10.1 Å². The van der Waals surface area contributed by atoms with Gasteiger partial charge in [0, 0.05) is 24.4 Å². The summed E-state index contributed by atoms with van der Waals surface area (Å²) in [6.07, 6.45) is 2.15. The summed E-state index contributed by atoms with van der Waals surface area (Å²) in [4.78, 5) is 21.0. The lowest BCUT2D eigenvalue weighted by Gasteiger charge is -2.01. The van der Waals surface area contributed by atoms with E-state index >= 15 is 0 Å². The van der Waals surface area contributed by atoms with Gasteiger partial charge < -0.3 is 4.74 Å². The molecule has 0 aliphatic rings. The zero-order chi connectivity index (χ0) is 14.3. The highest BCUT2D eigenvalue weighted by molar-refractivity contribution is 6.30. The van der Waals surface area contributed by atoms with Gasteiger partial charge in [0.05, 0.1) is 11.5 Å². The second kappa shape index (κ2) is 7.53. The van der Waals surface area contributed by atoms with Crippen LogP contribution in [0.2, 0.25) is 5.02 Å². The SMILES string of the molecule is CC(=O)OCCC/C(=C/c1ccc(Cl)cc1)[N+](=O)[O-]. The predicted octanol–water partition coefficient (Wildman–Crippen LogP) is 3.30. The standard InChI is InChI=1S/C13H14ClNO4/c1-10(16)19-8-2-3-13(15(17)18)9-11-4-6-12(14)7-5-11/h4-7,9H,2-3,8H2,1H3/b13-9-. The third-order valence-electron chi connectivity index (χ3n) is 2.32. The number of nitro groups is 1. The molecule has 0 spiro atoms. The van der Waals surface area contributed by atoms with Crippen LogP contribution < -0.4 is 0 Å². The van der Waals surface area contributed by atoms with Crippen molar-refractivity contribution in [3.63, 3.8) is 0 Å². The highest BCUT2D eigenvalue weighted by atomic mass is 35.5. The maximum atomic E-state index is 10.9. The summed E-state index contributed by atoms with van der Waals surface area (Å²) in [7, 11) is 0. The Labute approximate surface area is 116 Å². The number of hydrogen-bond acceptors (Lipinski definition) is 4. The van der Waals surface area contributed by atoms with Gasteiger partial charge in [-0.15, -0.1) is 0 Å². The molecule has 0 saturated heterocycles. The van der Waals surface area contributed by atoms with Gasteiger partial charge in [-0.1, -0.05) is 23.7 Å². The zero-order valence-corrected chi connectivity index (χ0v) is 11.2. The van der Waals surface area contributed by atoms with Crippen LogP contribution in [-0.4, -0.2) is 17.5 Å². The number of esters is 1. The Morgan fingerprint density at radius 1 is 1.42 bits per heavy atom. The number of rotatable bonds is 6. The molecule has 0 aliphatic heterocycles. The lowest BCUT2D eigenvalue weighted by molar-refractivity contribution is -0.426. The van der Waals surface area contributed by atoms with E-state index in [2.05, 4.69) is 0 Å². The monoisotopic (exact) mass is 283 g/mol. The van der Waals surface area contributed by atoms with Gasteiger partial charge in [0.25, 0.3) is 0 Å². The molecule has 1 aromatic carbocycles. The first kappa shape index (κ1) is 15.2. The van der Waals surface area contributed by atoms with E-state index in [9.17, 15) is 14.9 Å². The Morgan fingerprint density at radius 2 is 2.05 bits per heavy atom. The molecule has 102 valence electrons. The fraction of sp³-hybridized carbons (Fsp3) is 0.308. The molecule has 0 aliphatic carbocycles. The minimum absolute atomic E-state index is 0.0782. The van der Waals surface area contributed by atoms with Gasteiger partial charge in [-0.3, -0.25) is 14.9 Å². The first-order chi connectivity index (χ1) is 8.99. The van der Waals surface area contributed by atoms with Gasteiger partial charge >= 0.3 is 5.97 Å². The molecule has 0 saturated carbocycles. The van der Waals surface area contributed by atoms with Crippen LogP contribution in [0.3, 0.4) is 0 Å². The minimum atomic E-state index is -0.428. The largest absolute Gasteiger partial charge is 0.466 e. The van der Waals surface area contributed by atoms with Crippen LogP contribution in [0.4, 0.5) is 0 Å². The zero-order valence-electron chi connectivity index (χ0n) is 10.5. The quantitative estimate of drug-likeness (QED) is 0.348. The summed E-state index contributed by atoms with van der Waals surface area (Å²) in [6, 6.07) is 6.75. The van der Waals surface area contributed by atoms with Crippen molar-refractivity contribution in [2.45, 2.75) is 19.8 Å². The highest BCUT2D eigenvalue weighted by Gasteiger charge is 2.10. The van der Waals surface area contributed by atoms with Gasteiger partial charge in [0.2, 0.25) is 5.70 Å². The number of benzene rings is 1. The van der Waals surface area contributed by atoms with E-state index in [1.165, 1.54) is 13.0 Å². The number of ether oxygens (including phenoxy) is 1. The molecule has 0 atom stereocenters. The van der Waals surface area contributed by atoms with Crippen LogP contribution >= 0.6 is 11.6 Å². The Balaban J connectivity index is 2.64. The van der Waals surface area contributed by atoms with E-state index in [0.29, 0.717) is 17.0 Å². The first-order valence-electron chi connectivity index (χ1n) is 5.73. The number of allylic oxidation sites excluding steroid dienone is 1. The third-order valence-corrected chi connectivity index (χ3v) is 2.57. The molecule has 0 radical (unpaired) electrons. The molecule has 0 aromatic heterocycles. The van der Waals surface area contributed by atoms with Crippen molar-refractivity contribution >= 4 is 23.6 Å². The highest BCUT2D eigenvalue weighted by Crippen LogP contribution is 2.15. The average Bonchev–Trinajstić information content (AvgIpc) is 2.35. The maximum Gasteiger partial charge on any atom is 0.302 e. The molecular weight excluding hydrogens is 270 g/mol. The number of carbonyl (C=O) groups excluding carboxylic acids is 1. The van der Waals surface area contributed by atoms with Crippen LogP contribution in [0.15, 0.2) is 30.0 Å². The molecule has 1 aromatic rings. The summed E-state index contributed by atoms with van der Waals surface area (Å²) < 4.78 is 4.73. The number of nitrogens with zero attached hydrogens (tertiary/aromatic N) is 1. The van der Waals surface area contributed by atoms with Crippen molar-refractivity contribution in [3.8, 4) is 0 Å². The molecule has 0 amide bonds. The Kier molecular flexibility index (Phi) is 6.02. The summed E-state index contributed by atoms with van der Waals surface area (Å²) in [5.74, 6) is -0.385. The van der Waals surface area contributed by atoms with Crippen molar-refractivity contribution in [2.24, 2.45) is 0 Å². The molecule has 0 N–H and O–H groups in total. The second-order valence-electron chi connectivity index (χ2n) is 3.89. The molecular formula is C13H14ClNO4. The van der Waals surface area contributed by atoms with E-state index < -0.39 is 4.92 Å². The van der Waals surface area contributed by atoms with Crippen molar-refractivity contribution in [1.29, 1.82) is 0 Å². The van der Waals surface area contributed by atoms with Crippen LogP contribution in [0.25, 0.3) is 6.08 Å². The Hall–Kier alpha value is -1.88. The summed E-state index contributed by atoms with van der Waals surface area (Å²) in [5, 5.41) is 11.5. The first-order valence-corrected chi connectivity index (χ1v) is 6.10. The fourth-order valence-corrected chi connectivity index (χ4v) is 1.56. The lowest BCUT2D eigenvalue weighted by Crippen LogP contribution is -2.04. The normalized spacial score (nSPS) is 11.2. The number of carbonyl (C=O) groups is 1. The van der Waals surface area contributed by atoms with Crippen molar-refractivity contribution in [3.05, 3.63) is 50.7 Å². The van der Waals surface area contributed by atoms with Crippen molar-refractivity contribution in [2.75, 3.05) is 6.61 Å². The molecule has 5 nitrogen and oxygen atoms in total. The Bertz CT molecular complexity index is 482. The van der Waals surface area contributed by atoms with Crippen molar-refractivity contribution in [1.82, 2.24) is 0 Å². The average molecular weight is 284 g/mol. The topological polar surface area (TPSA) is 69.4 Å². The predicted molar refractivity (Wildman–Crippen MR) is 72.3 cm³/mol. The molecule has 6 heteroatoms. The van der Waals surface area contributed by atoms with Crippen LogP contribution in [0.5, 0.6) is 0 Å². The van der Waals surface area contributed by atoms with Crippen LogP contribution in [-0.2, 0) is 9.53 Å². The van der Waals surface area contributed by atoms with E-state index in [1.54, 1.807) is 24.3 Å². The van der Waals surface area contributed by atoms with E-state index in [1.807, 2.05) is 0 Å². The molecule has 19 heavy (non-hydrogen) atoms. The Morgan fingerprint density at radius 3 is 2.58 bits per heavy atom. The molecule has 0 heterocycles. The molecule has 0 unspecified atom stereocenters. The second-order valence-corrected chi connectivity index (χ2v) is 4.32. The molecule has 0 bridgehead atoms. The van der Waals surface area contributed by atoms with E-state index in [-0.39, 0.29) is 24.7 Å². The summed E-state index contributed by atoms with van der Waals surface area (Å²) >= 11 is 5.74. The number of halogens is 1. The van der Waals surface area contributed by atoms with Crippen molar-refractivity contribution < 1.29 is 14.5 Å². The van der Waals surface area contributed by atoms with Crippen LogP contribution in [0.1, 0.15) is 25.3 Å². The van der Waals surface area contributed by atoms with E-state index in [0.717, 1.165) is 0 Å². The number of hydrogen-bond donors (Lipinski definition) is 0. The van der Waals surface area contributed by atoms with E-state index in [4.69, 9.17) is 16.3 Å². The van der Waals surface area contributed by atoms with Gasteiger partial charge in [-0.2, -0.15) is 0 Å². The smallest absolute Gasteiger partial charge is 0.302 e. The lowest BCUT2D eigenvalue weighted by atomic mass is 10.1.